The number of nitro groups is 1. The minimum absolute atomic E-state index is 0.0180. The van der Waals surface area contributed by atoms with Crippen LogP contribution in [0.1, 0.15) is 16.7 Å². The summed E-state index contributed by atoms with van der Waals surface area (Å²) in [5, 5.41) is 14.8. The Balaban J connectivity index is 1.74. The fourth-order valence-electron chi connectivity index (χ4n) is 2.29. The summed E-state index contributed by atoms with van der Waals surface area (Å²) in [6.07, 6.45) is 1.36. The standard InChI is InChI=1S/C16H13FN2O5/c17-14-3-1-2-11(4-14)7-18-24-9-13-6-15(19(20)21)5-12-8-22-10-23-16(12)13/h1-7H,8-10H2/b18-7-. The van der Waals surface area contributed by atoms with E-state index in [9.17, 15) is 14.5 Å². The number of halogens is 1. The molecule has 0 atom stereocenters. The molecule has 0 saturated carbocycles. The van der Waals surface area contributed by atoms with Gasteiger partial charge in [-0.15, -0.1) is 0 Å². The Hall–Kier alpha value is -3.00. The van der Waals surface area contributed by atoms with E-state index in [0.717, 1.165) is 0 Å². The molecule has 7 nitrogen and oxygen atoms in total. The number of fused-ring (bicyclic) bond motifs is 1. The van der Waals surface area contributed by atoms with Gasteiger partial charge in [-0.1, -0.05) is 17.3 Å². The van der Waals surface area contributed by atoms with E-state index in [2.05, 4.69) is 5.16 Å². The molecule has 0 saturated heterocycles. The largest absolute Gasteiger partial charge is 0.467 e. The summed E-state index contributed by atoms with van der Waals surface area (Å²) in [5.74, 6) is 0.132. The van der Waals surface area contributed by atoms with Crippen LogP contribution in [0.15, 0.2) is 41.6 Å². The van der Waals surface area contributed by atoms with E-state index in [1.807, 2.05) is 0 Å². The second-order valence-electron chi connectivity index (χ2n) is 5.02. The summed E-state index contributed by atoms with van der Waals surface area (Å²) in [4.78, 5) is 15.7. The van der Waals surface area contributed by atoms with Crippen molar-refractivity contribution in [2.24, 2.45) is 5.16 Å². The monoisotopic (exact) mass is 332 g/mol. The molecule has 0 N–H and O–H groups in total. The molecule has 0 bridgehead atoms. The van der Waals surface area contributed by atoms with Crippen molar-refractivity contribution in [1.29, 1.82) is 0 Å². The van der Waals surface area contributed by atoms with Crippen molar-refractivity contribution in [2.45, 2.75) is 13.2 Å². The molecule has 3 rings (SSSR count). The Morgan fingerprint density at radius 1 is 1.38 bits per heavy atom. The maximum Gasteiger partial charge on any atom is 0.270 e. The van der Waals surface area contributed by atoms with Crippen LogP contribution in [0.5, 0.6) is 5.75 Å². The summed E-state index contributed by atoms with van der Waals surface area (Å²) in [6.45, 7) is 0.288. The molecule has 0 fully saturated rings. The highest BCUT2D eigenvalue weighted by atomic mass is 19.1. The third-order valence-electron chi connectivity index (χ3n) is 3.33. The van der Waals surface area contributed by atoms with Crippen molar-refractivity contribution >= 4 is 11.9 Å². The molecule has 2 aromatic carbocycles. The van der Waals surface area contributed by atoms with Crippen LogP contribution in [0, 0.1) is 15.9 Å². The smallest absolute Gasteiger partial charge is 0.270 e. The molecule has 0 aliphatic carbocycles. The van der Waals surface area contributed by atoms with E-state index in [-0.39, 0.29) is 31.5 Å². The molecule has 0 amide bonds. The van der Waals surface area contributed by atoms with Gasteiger partial charge in [0.15, 0.2) is 6.79 Å². The lowest BCUT2D eigenvalue weighted by Gasteiger charge is -2.19. The van der Waals surface area contributed by atoms with Crippen molar-refractivity contribution in [3.05, 3.63) is 69.0 Å². The van der Waals surface area contributed by atoms with Gasteiger partial charge in [0, 0.05) is 23.3 Å². The Morgan fingerprint density at radius 2 is 2.25 bits per heavy atom. The molecule has 0 aromatic heterocycles. The molecule has 0 unspecified atom stereocenters. The van der Waals surface area contributed by atoms with Crippen LogP contribution in [-0.2, 0) is 22.8 Å². The third-order valence-corrected chi connectivity index (χ3v) is 3.33. The van der Waals surface area contributed by atoms with E-state index < -0.39 is 4.92 Å². The predicted molar refractivity (Wildman–Crippen MR) is 82.2 cm³/mol. The lowest BCUT2D eigenvalue weighted by molar-refractivity contribution is -0.385. The number of nitrogens with zero attached hydrogens (tertiary/aromatic N) is 2. The summed E-state index contributed by atoms with van der Waals surface area (Å²) in [6, 6.07) is 8.65. The topological polar surface area (TPSA) is 83.2 Å². The lowest BCUT2D eigenvalue weighted by atomic mass is 10.1. The second kappa shape index (κ2) is 7.05. The molecule has 1 heterocycles. The number of benzene rings is 2. The first-order chi connectivity index (χ1) is 11.6. The van der Waals surface area contributed by atoms with Gasteiger partial charge >= 0.3 is 0 Å². The normalized spacial score (nSPS) is 13.4. The van der Waals surface area contributed by atoms with Crippen molar-refractivity contribution in [1.82, 2.24) is 0 Å². The molecule has 1 aliphatic heterocycles. The number of non-ortho nitro benzene ring substituents is 1. The van der Waals surface area contributed by atoms with Crippen molar-refractivity contribution in [2.75, 3.05) is 6.79 Å². The van der Waals surface area contributed by atoms with Gasteiger partial charge in [0.05, 0.1) is 17.7 Å². The minimum atomic E-state index is -0.492. The van der Waals surface area contributed by atoms with Gasteiger partial charge in [-0.25, -0.2) is 4.39 Å². The number of hydrogen-bond donors (Lipinski definition) is 0. The fourth-order valence-corrected chi connectivity index (χ4v) is 2.29. The number of oxime groups is 1. The van der Waals surface area contributed by atoms with E-state index in [1.165, 1.54) is 30.5 Å². The molecular weight excluding hydrogens is 319 g/mol. The number of rotatable bonds is 5. The molecule has 124 valence electrons. The summed E-state index contributed by atoms with van der Waals surface area (Å²) < 4.78 is 23.6. The van der Waals surface area contributed by atoms with Gasteiger partial charge in [-0.2, -0.15) is 0 Å². The van der Waals surface area contributed by atoms with Crippen LogP contribution in [0.25, 0.3) is 0 Å². The molecule has 24 heavy (non-hydrogen) atoms. The molecule has 8 heteroatoms. The third kappa shape index (κ3) is 3.66. The fraction of sp³-hybridized carbons (Fsp3) is 0.188. The van der Waals surface area contributed by atoms with Crippen LogP contribution >= 0.6 is 0 Å². The van der Waals surface area contributed by atoms with Crippen molar-refractivity contribution in [3.63, 3.8) is 0 Å². The van der Waals surface area contributed by atoms with Crippen LogP contribution in [0.4, 0.5) is 10.1 Å². The van der Waals surface area contributed by atoms with Gasteiger partial charge in [0.2, 0.25) is 0 Å². The van der Waals surface area contributed by atoms with E-state index >= 15 is 0 Å². The molecule has 2 aromatic rings. The van der Waals surface area contributed by atoms with Gasteiger partial charge < -0.3 is 14.3 Å². The predicted octanol–water partition coefficient (Wildman–Crippen LogP) is 3.15. The number of ether oxygens (including phenoxy) is 2. The van der Waals surface area contributed by atoms with Crippen LogP contribution in [0.3, 0.4) is 0 Å². The zero-order chi connectivity index (χ0) is 16.9. The summed E-state index contributed by atoms with van der Waals surface area (Å²) >= 11 is 0. The van der Waals surface area contributed by atoms with Crippen LogP contribution < -0.4 is 4.74 Å². The van der Waals surface area contributed by atoms with Gasteiger partial charge in [0.1, 0.15) is 18.2 Å². The Labute approximate surface area is 136 Å². The molecule has 0 radical (unpaired) electrons. The Kier molecular flexibility index (Phi) is 4.66. The minimum Gasteiger partial charge on any atom is -0.467 e. The summed E-state index contributed by atoms with van der Waals surface area (Å²) in [5.41, 5.74) is 1.55. The maximum atomic E-state index is 13.1. The van der Waals surface area contributed by atoms with E-state index in [4.69, 9.17) is 14.3 Å². The quantitative estimate of drug-likeness (QED) is 0.477. The van der Waals surface area contributed by atoms with Crippen LogP contribution in [-0.4, -0.2) is 17.9 Å². The molecule has 0 spiro atoms. The Morgan fingerprint density at radius 3 is 3.04 bits per heavy atom. The van der Waals surface area contributed by atoms with Crippen molar-refractivity contribution in [3.8, 4) is 5.75 Å². The van der Waals surface area contributed by atoms with Gasteiger partial charge in [0.25, 0.3) is 5.69 Å². The zero-order valence-electron chi connectivity index (χ0n) is 12.5. The summed E-state index contributed by atoms with van der Waals surface area (Å²) in [7, 11) is 0. The second-order valence-corrected chi connectivity index (χ2v) is 5.02. The first kappa shape index (κ1) is 15.9. The highest BCUT2D eigenvalue weighted by Gasteiger charge is 2.21. The number of nitro benzene ring substituents is 1. The van der Waals surface area contributed by atoms with Crippen LogP contribution in [0.2, 0.25) is 0 Å². The first-order valence-corrected chi connectivity index (χ1v) is 7.05. The maximum absolute atomic E-state index is 13.1. The Bertz CT molecular complexity index is 794. The zero-order valence-corrected chi connectivity index (χ0v) is 12.5. The highest BCUT2D eigenvalue weighted by Crippen LogP contribution is 2.33. The van der Waals surface area contributed by atoms with Gasteiger partial charge in [-0.3, -0.25) is 10.1 Å². The first-order valence-electron chi connectivity index (χ1n) is 7.05. The van der Waals surface area contributed by atoms with Crippen molar-refractivity contribution < 1.29 is 23.6 Å². The lowest BCUT2D eigenvalue weighted by Crippen LogP contribution is -2.13. The number of hydrogen-bond acceptors (Lipinski definition) is 6. The van der Waals surface area contributed by atoms with E-state index in [1.54, 1.807) is 12.1 Å². The average molecular weight is 332 g/mol. The average Bonchev–Trinajstić information content (AvgIpc) is 2.58. The molecule has 1 aliphatic rings. The van der Waals surface area contributed by atoms with Gasteiger partial charge in [-0.05, 0) is 17.7 Å². The molecular formula is C16H13FN2O5. The SMILES string of the molecule is O=[N+]([O-])c1cc2c(c(CO/N=C\c3cccc(F)c3)c1)OCOC2. The van der Waals surface area contributed by atoms with E-state index in [0.29, 0.717) is 22.4 Å². The highest BCUT2D eigenvalue weighted by molar-refractivity contribution is 5.78.